The van der Waals surface area contributed by atoms with Gasteiger partial charge >= 0.3 is 11.9 Å². The van der Waals surface area contributed by atoms with E-state index in [1.54, 1.807) is 0 Å². The molecule has 7 rings (SSSR count). The second kappa shape index (κ2) is 25.4. The largest absolute Gasteiger partial charge is 0.481 e. The molecule has 4 N–H and O–H groups in total. The van der Waals surface area contributed by atoms with Crippen molar-refractivity contribution in [3.63, 3.8) is 0 Å². The van der Waals surface area contributed by atoms with Gasteiger partial charge in [0, 0.05) is 12.1 Å². The van der Waals surface area contributed by atoms with E-state index >= 15 is 0 Å². The summed E-state index contributed by atoms with van der Waals surface area (Å²) in [5.41, 5.74) is 3.60. The second-order valence-corrected chi connectivity index (χ2v) is 22.3. The lowest BCUT2D eigenvalue weighted by molar-refractivity contribution is -0.151. The number of nitrogens with one attached hydrogen (secondary N) is 2. The fraction of sp³-hybridized carbons (Fsp3) is 0.906. The number of aliphatic carboxylic acids is 2. The van der Waals surface area contributed by atoms with E-state index in [1.165, 1.54) is 44.9 Å². The number of hydrogen-bond acceptors (Lipinski definition) is 10. The van der Waals surface area contributed by atoms with Gasteiger partial charge in [0.05, 0.1) is 74.2 Å². The molecule has 6 atom stereocenters. The fourth-order valence-corrected chi connectivity index (χ4v) is 13.5. The highest BCUT2D eigenvalue weighted by Gasteiger charge is 2.43. The molecule has 7 saturated carbocycles. The molecule has 374 valence electrons. The third kappa shape index (κ3) is 14.8. The van der Waals surface area contributed by atoms with Gasteiger partial charge in [-0.25, -0.2) is 0 Å². The molecule has 0 radical (unpaired) electrons. The minimum Gasteiger partial charge on any atom is -0.481 e. The summed E-state index contributed by atoms with van der Waals surface area (Å²) in [6.07, 6.45) is 35.3. The van der Waals surface area contributed by atoms with Crippen LogP contribution < -0.4 is 10.8 Å². The summed E-state index contributed by atoms with van der Waals surface area (Å²) >= 11 is 0. The van der Waals surface area contributed by atoms with Gasteiger partial charge in [0.2, 0.25) is 5.91 Å². The molecule has 0 heterocycles. The Morgan fingerprint density at radius 3 is 1.58 bits per heavy atom. The zero-order valence-corrected chi connectivity index (χ0v) is 40.5. The monoisotopic (exact) mass is 927 g/mol. The number of carboxylic acid groups (broad SMARTS) is 2. The van der Waals surface area contributed by atoms with Gasteiger partial charge in [0.25, 0.3) is 0 Å². The highest BCUT2D eigenvalue weighted by atomic mass is 16.6. The molecular weight excluding hydrogens is 841 g/mol. The number of hydrogen-bond donors (Lipinski definition) is 4. The van der Waals surface area contributed by atoms with Gasteiger partial charge in [-0.1, -0.05) is 39.5 Å². The number of terminal acetylenes is 1. The van der Waals surface area contributed by atoms with E-state index in [0.29, 0.717) is 93.6 Å². The maximum atomic E-state index is 13.3. The van der Waals surface area contributed by atoms with Crippen molar-refractivity contribution in [2.24, 2.45) is 40.9 Å². The Kier molecular flexibility index (Phi) is 19.8. The molecule has 0 aromatic heterocycles. The quantitative estimate of drug-likeness (QED) is 0.0520. The molecule has 7 aliphatic rings. The van der Waals surface area contributed by atoms with Crippen LogP contribution in [-0.4, -0.2) is 103 Å². The molecule has 7 fully saturated rings. The van der Waals surface area contributed by atoms with Crippen LogP contribution in [0.2, 0.25) is 0 Å². The van der Waals surface area contributed by atoms with E-state index in [9.17, 15) is 24.6 Å². The Labute approximate surface area is 395 Å². The first-order chi connectivity index (χ1) is 31.9. The van der Waals surface area contributed by atoms with Crippen molar-refractivity contribution in [3.8, 4) is 12.5 Å². The molecule has 0 bridgehead atoms. The molecule has 0 aliphatic heterocycles. The van der Waals surface area contributed by atoms with Crippen molar-refractivity contribution >= 4 is 17.8 Å². The van der Waals surface area contributed by atoms with E-state index in [-0.39, 0.29) is 42.2 Å². The van der Waals surface area contributed by atoms with Crippen LogP contribution in [-0.2, 0) is 42.9 Å². The Morgan fingerprint density at radius 2 is 1.03 bits per heavy atom. The lowest BCUT2D eigenvalue weighted by atomic mass is 9.60. The Balaban J connectivity index is 0.732. The molecular formula is C53H86N2O11. The summed E-state index contributed by atoms with van der Waals surface area (Å²) < 4.78 is 31.0. The fourth-order valence-electron chi connectivity index (χ4n) is 13.5. The minimum absolute atomic E-state index is 0.0431. The van der Waals surface area contributed by atoms with Gasteiger partial charge in [-0.05, 0) is 177 Å². The highest BCUT2D eigenvalue weighted by molar-refractivity contribution is 5.85. The van der Waals surface area contributed by atoms with Crippen LogP contribution in [0.25, 0.3) is 0 Å². The Morgan fingerprint density at radius 1 is 0.545 bits per heavy atom. The van der Waals surface area contributed by atoms with Crippen LogP contribution in [0.5, 0.6) is 0 Å². The maximum absolute atomic E-state index is 13.3. The number of carbonyl (C=O) groups is 3. The van der Waals surface area contributed by atoms with Crippen LogP contribution >= 0.6 is 0 Å². The summed E-state index contributed by atoms with van der Waals surface area (Å²) in [6.45, 7) is 6.60. The van der Waals surface area contributed by atoms with Gasteiger partial charge in [-0.15, -0.1) is 0 Å². The Hall–Kier alpha value is -2.47. The summed E-state index contributed by atoms with van der Waals surface area (Å²) in [5, 5.41) is 22.9. The molecule has 7 aliphatic carbocycles. The van der Waals surface area contributed by atoms with Crippen molar-refractivity contribution in [1.29, 1.82) is 0 Å². The predicted octanol–water partition coefficient (Wildman–Crippen LogP) is 9.14. The predicted molar refractivity (Wildman–Crippen MR) is 250 cm³/mol. The zero-order valence-electron chi connectivity index (χ0n) is 40.5. The number of ether oxygens (including phenoxy) is 5. The minimum atomic E-state index is -0.925. The molecule has 66 heavy (non-hydrogen) atoms. The van der Waals surface area contributed by atoms with E-state index in [4.69, 9.17) is 34.9 Å². The standard InChI is InChI=1S/C53H86N2O11/c1-4-61-46-27-29-48(52(59)60)49(33-46)50(56)54-38-14-22-43(23-15-38)65-41-18-10-36(11-19-41)53(2,3)37-12-20-42(21-13-37)66-44-24-16-39(17-25-44)55-64-34-35-32-45(26-28-47(35)51(57)58)63-31-30-62-40-8-6-5-7-9-40/h1,35-49,55H,5-34H2,2-3H3,(H,54,56)(H,57,58)(H,59,60). The summed E-state index contributed by atoms with van der Waals surface area (Å²) in [6, 6.07) is 0.307. The number of amides is 1. The molecule has 13 nitrogen and oxygen atoms in total. The van der Waals surface area contributed by atoms with Gasteiger partial charge in [-0.2, -0.15) is 5.48 Å². The van der Waals surface area contributed by atoms with Gasteiger partial charge in [0.1, 0.15) is 12.2 Å². The molecule has 13 heteroatoms. The van der Waals surface area contributed by atoms with Crippen molar-refractivity contribution in [3.05, 3.63) is 0 Å². The molecule has 0 aromatic carbocycles. The van der Waals surface area contributed by atoms with Crippen molar-refractivity contribution in [2.45, 2.75) is 242 Å². The average molecular weight is 927 g/mol. The molecule has 0 aromatic rings. The number of carbonyl (C=O) groups excluding carboxylic acids is 1. The highest BCUT2D eigenvalue weighted by Crippen LogP contribution is 2.49. The van der Waals surface area contributed by atoms with Crippen molar-refractivity contribution < 1.29 is 53.1 Å². The molecule has 0 saturated heterocycles. The smallest absolute Gasteiger partial charge is 0.307 e. The summed E-state index contributed by atoms with van der Waals surface area (Å²) in [7, 11) is 0. The second-order valence-electron chi connectivity index (χ2n) is 22.3. The summed E-state index contributed by atoms with van der Waals surface area (Å²) in [4.78, 5) is 43.3. The lowest BCUT2D eigenvalue weighted by Gasteiger charge is -2.47. The third-order valence-corrected chi connectivity index (χ3v) is 17.7. The normalized spacial score (nSPS) is 37.3. The van der Waals surface area contributed by atoms with Crippen LogP contribution in [0.1, 0.15) is 187 Å². The van der Waals surface area contributed by atoms with E-state index in [2.05, 4.69) is 30.8 Å². The number of hydroxylamine groups is 1. The van der Waals surface area contributed by atoms with E-state index in [0.717, 1.165) is 96.3 Å². The summed E-state index contributed by atoms with van der Waals surface area (Å²) in [5.74, 6) is -2.21. The van der Waals surface area contributed by atoms with E-state index < -0.39 is 29.7 Å². The third-order valence-electron chi connectivity index (χ3n) is 17.7. The van der Waals surface area contributed by atoms with Crippen LogP contribution in [0.3, 0.4) is 0 Å². The SMILES string of the molecule is C#COC1CCC(C(=O)O)C(C(=O)NC2CCC(OC3CCC(C(C)(C)C4CCC(OC5CCC(NOCC6CC(OCCOC7CCCCC7)CCC6C(=O)O)CC5)CC4)CC3)CC2)C1. The number of carboxylic acids is 2. The van der Waals surface area contributed by atoms with E-state index in [1.807, 2.05) is 0 Å². The zero-order chi connectivity index (χ0) is 46.5. The van der Waals surface area contributed by atoms with Gasteiger partial charge < -0.3 is 44.1 Å². The lowest BCUT2D eigenvalue weighted by Crippen LogP contribution is -2.47. The Bertz CT molecular complexity index is 1530. The topological polar surface area (TPSA) is 171 Å². The van der Waals surface area contributed by atoms with Crippen LogP contribution in [0.4, 0.5) is 0 Å². The maximum Gasteiger partial charge on any atom is 0.307 e. The first-order valence-corrected chi connectivity index (χ1v) is 26.7. The van der Waals surface area contributed by atoms with Gasteiger partial charge in [0.15, 0.2) is 0 Å². The first kappa shape index (κ1) is 51.4. The van der Waals surface area contributed by atoms with Crippen LogP contribution in [0, 0.1) is 53.5 Å². The number of rotatable bonds is 20. The average Bonchev–Trinajstić information content (AvgIpc) is 3.32. The van der Waals surface area contributed by atoms with Crippen LogP contribution in [0.15, 0.2) is 0 Å². The van der Waals surface area contributed by atoms with Gasteiger partial charge in [-0.3, -0.25) is 14.4 Å². The van der Waals surface area contributed by atoms with Crippen molar-refractivity contribution in [2.75, 3.05) is 19.8 Å². The molecule has 6 unspecified atom stereocenters. The first-order valence-electron chi connectivity index (χ1n) is 26.7. The molecule has 1 amide bonds. The molecule has 0 spiro atoms. The van der Waals surface area contributed by atoms with Crippen molar-refractivity contribution in [1.82, 2.24) is 10.8 Å².